The lowest BCUT2D eigenvalue weighted by atomic mass is 9.32. The average Bonchev–Trinajstić information content (AvgIpc) is 3.29. The van der Waals surface area contributed by atoms with Gasteiger partial charge in [0.2, 0.25) is 0 Å². The predicted molar refractivity (Wildman–Crippen MR) is 162 cm³/mol. The van der Waals surface area contributed by atoms with Gasteiger partial charge in [0.05, 0.1) is 19.4 Å². The molecular weight excluding hydrogens is 528 g/mol. The quantitative estimate of drug-likeness (QED) is 0.241. The van der Waals surface area contributed by atoms with Gasteiger partial charge in [-0.3, -0.25) is 14.4 Å². The van der Waals surface area contributed by atoms with Crippen molar-refractivity contribution in [3.63, 3.8) is 0 Å². The molecule has 5 saturated carbocycles. The van der Waals surface area contributed by atoms with Gasteiger partial charge < -0.3 is 14.6 Å². The maximum Gasteiger partial charge on any atom is 0.306 e. The Bertz CT molecular complexity index is 1130. The van der Waals surface area contributed by atoms with Crippen molar-refractivity contribution in [2.45, 2.75) is 132 Å². The van der Waals surface area contributed by atoms with E-state index in [0.717, 1.165) is 38.5 Å². The third-order valence-corrected chi connectivity index (χ3v) is 14.6. The SMILES string of the molecule is C=C(C)C1CCC2(COC(C)=O)CC[C@]3(C)C(CCC4[C@@]5(C)CCC(OC(=O)CCC(=O)O)C(C)(C)C5CC[C@]43C)C12. The first-order chi connectivity index (χ1) is 19.5. The molecule has 0 bridgehead atoms. The lowest BCUT2D eigenvalue weighted by molar-refractivity contribution is -0.252. The van der Waals surface area contributed by atoms with Crippen LogP contribution in [0.25, 0.3) is 0 Å². The van der Waals surface area contributed by atoms with Gasteiger partial charge in [0.1, 0.15) is 6.10 Å². The molecule has 7 unspecified atom stereocenters. The van der Waals surface area contributed by atoms with Crippen LogP contribution in [0, 0.1) is 56.7 Å². The second-order valence-corrected chi connectivity index (χ2v) is 16.6. The zero-order chi connectivity index (χ0) is 30.9. The predicted octanol–water partition coefficient (Wildman–Crippen LogP) is 7.98. The van der Waals surface area contributed by atoms with Gasteiger partial charge in [-0.05, 0) is 117 Å². The molecule has 10 atom stereocenters. The number of carboxylic acid groups (broad SMARTS) is 1. The summed E-state index contributed by atoms with van der Waals surface area (Å²) in [7, 11) is 0. The van der Waals surface area contributed by atoms with Crippen molar-refractivity contribution in [1.82, 2.24) is 0 Å². The molecular formula is C36H56O6. The molecule has 42 heavy (non-hydrogen) atoms. The van der Waals surface area contributed by atoms with E-state index >= 15 is 0 Å². The first kappa shape index (κ1) is 31.6. The summed E-state index contributed by atoms with van der Waals surface area (Å²) in [5.41, 5.74) is 1.83. The summed E-state index contributed by atoms with van der Waals surface area (Å²) < 4.78 is 11.8. The summed E-state index contributed by atoms with van der Waals surface area (Å²) in [5, 5.41) is 9.02. The lowest BCUT2D eigenvalue weighted by Crippen LogP contribution is -2.67. The fraction of sp³-hybridized carbons (Fsp3) is 0.861. The van der Waals surface area contributed by atoms with Crippen LogP contribution in [0.15, 0.2) is 12.2 Å². The minimum absolute atomic E-state index is 0.0599. The topological polar surface area (TPSA) is 89.9 Å². The Balaban J connectivity index is 1.42. The van der Waals surface area contributed by atoms with Crippen LogP contribution >= 0.6 is 0 Å². The molecule has 0 aliphatic heterocycles. The lowest BCUT2D eigenvalue weighted by Gasteiger charge is -2.73. The van der Waals surface area contributed by atoms with E-state index in [-0.39, 0.29) is 58.0 Å². The second-order valence-electron chi connectivity index (χ2n) is 16.6. The Hall–Kier alpha value is -1.85. The van der Waals surface area contributed by atoms with Gasteiger partial charge in [0.15, 0.2) is 0 Å². The molecule has 6 nitrogen and oxygen atoms in total. The number of carbonyl (C=O) groups is 3. The van der Waals surface area contributed by atoms with Crippen LogP contribution in [-0.2, 0) is 23.9 Å². The Labute approximate surface area is 253 Å². The van der Waals surface area contributed by atoms with Crippen molar-refractivity contribution < 1.29 is 29.0 Å². The van der Waals surface area contributed by atoms with Crippen molar-refractivity contribution in [2.75, 3.05) is 6.61 Å². The Morgan fingerprint density at radius 2 is 1.52 bits per heavy atom. The van der Waals surface area contributed by atoms with Crippen LogP contribution in [0.3, 0.4) is 0 Å². The smallest absolute Gasteiger partial charge is 0.306 e. The molecule has 0 heterocycles. The van der Waals surface area contributed by atoms with E-state index in [1.54, 1.807) is 6.92 Å². The second kappa shape index (κ2) is 10.6. The Morgan fingerprint density at radius 1 is 0.810 bits per heavy atom. The van der Waals surface area contributed by atoms with Crippen LogP contribution in [0.5, 0.6) is 0 Å². The minimum atomic E-state index is -0.961. The van der Waals surface area contributed by atoms with Crippen molar-refractivity contribution in [2.24, 2.45) is 56.7 Å². The monoisotopic (exact) mass is 584 g/mol. The highest BCUT2D eigenvalue weighted by Crippen LogP contribution is 2.77. The number of allylic oxidation sites excluding steroid dienone is 1. The molecule has 0 aromatic heterocycles. The summed E-state index contributed by atoms with van der Waals surface area (Å²) in [6.45, 7) is 21.2. The first-order valence-electron chi connectivity index (χ1n) is 16.7. The fourth-order valence-electron chi connectivity index (χ4n) is 12.4. The molecule has 0 radical (unpaired) electrons. The zero-order valence-corrected chi connectivity index (χ0v) is 27.4. The molecule has 0 aromatic carbocycles. The number of ether oxygens (including phenoxy) is 2. The number of hydrogen-bond donors (Lipinski definition) is 1. The van der Waals surface area contributed by atoms with Gasteiger partial charge in [0, 0.05) is 17.8 Å². The average molecular weight is 585 g/mol. The molecule has 0 saturated heterocycles. The molecule has 6 heteroatoms. The maximum absolute atomic E-state index is 12.6. The standard InChI is InChI=1S/C36H56O6/c1-22(2)24-13-18-36(21-41-23(3)37)20-19-34(7)25(31(24)36)9-10-27-33(6)16-15-28(42-30(40)12-11-29(38)39)32(4,5)26(33)14-17-35(27,34)8/h24-28,31H,1,9-21H2,2-8H3,(H,38,39)/t24?,25?,26?,27?,28?,31?,33-,34+,35+,36?/m0/s1. The normalized spacial score (nSPS) is 45.4. The number of esters is 2. The third-order valence-electron chi connectivity index (χ3n) is 14.6. The molecule has 0 spiro atoms. The molecule has 5 aliphatic rings. The van der Waals surface area contributed by atoms with Crippen molar-refractivity contribution in [3.05, 3.63) is 12.2 Å². The Kier molecular flexibility index (Phi) is 8.00. The largest absolute Gasteiger partial charge is 0.481 e. The Morgan fingerprint density at radius 3 is 2.17 bits per heavy atom. The minimum Gasteiger partial charge on any atom is -0.481 e. The maximum atomic E-state index is 12.6. The summed E-state index contributed by atoms with van der Waals surface area (Å²) in [4.78, 5) is 35.5. The van der Waals surface area contributed by atoms with Crippen molar-refractivity contribution >= 4 is 17.9 Å². The van der Waals surface area contributed by atoms with Crippen molar-refractivity contribution in [3.8, 4) is 0 Å². The highest BCUT2D eigenvalue weighted by Gasteiger charge is 2.71. The van der Waals surface area contributed by atoms with E-state index in [2.05, 4.69) is 48.1 Å². The van der Waals surface area contributed by atoms with Crippen LogP contribution in [0.4, 0.5) is 0 Å². The summed E-state index contributed by atoms with van der Waals surface area (Å²) in [6, 6.07) is 0. The third kappa shape index (κ3) is 4.67. The molecule has 5 fully saturated rings. The molecule has 0 aromatic rings. The van der Waals surface area contributed by atoms with Gasteiger partial charge in [-0.25, -0.2) is 0 Å². The van der Waals surface area contributed by atoms with Crippen LogP contribution in [0.2, 0.25) is 0 Å². The van der Waals surface area contributed by atoms with Gasteiger partial charge >= 0.3 is 17.9 Å². The van der Waals surface area contributed by atoms with Crippen LogP contribution in [0.1, 0.15) is 126 Å². The van der Waals surface area contributed by atoms with Gasteiger partial charge in [-0.15, -0.1) is 0 Å². The molecule has 236 valence electrons. The number of aliphatic carboxylic acids is 1. The number of hydrogen-bond acceptors (Lipinski definition) is 5. The number of rotatable bonds is 7. The first-order valence-corrected chi connectivity index (χ1v) is 16.7. The van der Waals surface area contributed by atoms with Crippen LogP contribution < -0.4 is 0 Å². The van der Waals surface area contributed by atoms with E-state index in [4.69, 9.17) is 14.6 Å². The van der Waals surface area contributed by atoms with E-state index in [9.17, 15) is 14.4 Å². The fourth-order valence-corrected chi connectivity index (χ4v) is 12.4. The number of fused-ring (bicyclic) bond motifs is 7. The summed E-state index contributed by atoms with van der Waals surface area (Å²) >= 11 is 0. The highest BCUT2D eigenvalue weighted by atomic mass is 16.5. The van der Waals surface area contributed by atoms with Crippen LogP contribution in [-0.4, -0.2) is 35.7 Å². The zero-order valence-electron chi connectivity index (χ0n) is 27.4. The summed E-state index contributed by atoms with van der Waals surface area (Å²) in [5.74, 6) is 1.19. The van der Waals surface area contributed by atoms with E-state index < -0.39 is 5.97 Å². The van der Waals surface area contributed by atoms with E-state index in [1.165, 1.54) is 31.3 Å². The van der Waals surface area contributed by atoms with Gasteiger partial charge in [-0.1, -0.05) is 46.8 Å². The van der Waals surface area contributed by atoms with E-state index in [0.29, 0.717) is 36.2 Å². The molecule has 5 rings (SSSR count). The van der Waals surface area contributed by atoms with E-state index in [1.807, 2.05) is 0 Å². The number of carboxylic acids is 1. The molecule has 0 amide bonds. The highest BCUT2D eigenvalue weighted by molar-refractivity contribution is 5.76. The van der Waals surface area contributed by atoms with Gasteiger partial charge in [-0.2, -0.15) is 0 Å². The molecule has 5 aliphatic carbocycles. The number of carbonyl (C=O) groups excluding carboxylic acids is 2. The van der Waals surface area contributed by atoms with Gasteiger partial charge in [0.25, 0.3) is 0 Å². The summed E-state index contributed by atoms with van der Waals surface area (Å²) in [6.07, 6.45) is 10.9. The van der Waals surface area contributed by atoms with Crippen molar-refractivity contribution in [1.29, 1.82) is 0 Å². The molecule has 1 N–H and O–H groups in total.